The van der Waals surface area contributed by atoms with Crippen molar-refractivity contribution in [3.8, 4) is 6.07 Å². The highest BCUT2D eigenvalue weighted by Gasteiger charge is 2.39. The Morgan fingerprint density at radius 2 is 2.26 bits per heavy atom. The van der Waals surface area contributed by atoms with Crippen molar-refractivity contribution >= 4 is 5.91 Å². The number of aliphatic hydroxyl groups is 1. The van der Waals surface area contributed by atoms with E-state index in [1.54, 1.807) is 42.6 Å². The number of amides is 1. The Kier molecular flexibility index (Phi) is 3.38. The molecular formula is C14H19N3O2. The van der Waals surface area contributed by atoms with E-state index in [1.165, 1.54) is 0 Å². The molecule has 0 spiro atoms. The van der Waals surface area contributed by atoms with Crippen LogP contribution in [0.2, 0.25) is 0 Å². The Bertz CT molecular complexity index is 534. The number of carbonyl (C=O) groups excluding carboxylic acids is 1. The number of aryl methyl sites for hydroxylation is 1. The van der Waals surface area contributed by atoms with Crippen LogP contribution in [-0.4, -0.2) is 38.7 Å². The molecule has 1 aromatic heterocycles. The van der Waals surface area contributed by atoms with Gasteiger partial charge in [-0.2, -0.15) is 5.26 Å². The van der Waals surface area contributed by atoms with Crippen molar-refractivity contribution in [3.63, 3.8) is 0 Å². The van der Waals surface area contributed by atoms with Gasteiger partial charge in [0.15, 0.2) is 0 Å². The van der Waals surface area contributed by atoms with E-state index in [1.807, 2.05) is 6.07 Å². The van der Waals surface area contributed by atoms with Gasteiger partial charge in [-0.1, -0.05) is 0 Å². The summed E-state index contributed by atoms with van der Waals surface area (Å²) in [7, 11) is 1.75. The maximum Gasteiger partial charge on any atom is 0.270 e. The predicted octanol–water partition coefficient (Wildman–Crippen LogP) is 1.27. The number of hydrogen-bond acceptors (Lipinski definition) is 3. The molecular weight excluding hydrogens is 242 g/mol. The number of likely N-dealkylation sites (tertiary alicyclic amines) is 1. The molecule has 19 heavy (non-hydrogen) atoms. The summed E-state index contributed by atoms with van der Waals surface area (Å²) in [6.45, 7) is 4.12. The van der Waals surface area contributed by atoms with E-state index >= 15 is 0 Å². The summed E-state index contributed by atoms with van der Waals surface area (Å²) in [6, 6.07) is 3.47. The lowest BCUT2D eigenvalue weighted by atomic mass is 9.96. The summed E-state index contributed by atoms with van der Waals surface area (Å²) in [6.07, 6.45) is 3.35. The molecule has 1 atom stereocenters. The first-order chi connectivity index (χ1) is 8.84. The third-order valence-corrected chi connectivity index (χ3v) is 3.68. The van der Waals surface area contributed by atoms with E-state index in [4.69, 9.17) is 5.26 Å². The molecule has 1 aliphatic heterocycles. The second-order valence-corrected chi connectivity index (χ2v) is 5.65. The third kappa shape index (κ3) is 2.49. The van der Waals surface area contributed by atoms with E-state index in [0.717, 1.165) is 12.8 Å². The molecule has 0 aliphatic carbocycles. The Morgan fingerprint density at radius 3 is 2.79 bits per heavy atom. The summed E-state index contributed by atoms with van der Waals surface area (Å²) < 4.78 is 1.67. The zero-order valence-corrected chi connectivity index (χ0v) is 11.6. The van der Waals surface area contributed by atoms with Crippen molar-refractivity contribution in [3.05, 3.63) is 23.5 Å². The molecule has 5 nitrogen and oxygen atoms in total. The molecule has 2 rings (SSSR count). The van der Waals surface area contributed by atoms with Gasteiger partial charge in [0, 0.05) is 19.8 Å². The molecule has 1 fully saturated rings. The molecule has 1 amide bonds. The molecule has 0 saturated carbocycles. The van der Waals surface area contributed by atoms with Gasteiger partial charge in [-0.05, 0) is 32.8 Å². The van der Waals surface area contributed by atoms with Gasteiger partial charge >= 0.3 is 0 Å². The summed E-state index contributed by atoms with van der Waals surface area (Å²) in [4.78, 5) is 14.3. The number of rotatable bonds is 2. The molecule has 1 N–H and O–H groups in total. The molecule has 0 radical (unpaired) electrons. The fourth-order valence-corrected chi connectivity index (χ4v) is 2.73. The van der Waals surface area contributed by atoms with Gasteiger partial charge < -0.3 is 14.6 Å². The monoisotopic (exact) mass is 261 g/mol. The van der Waals surface area contributed by atoms with Gasteiger partial charge in [0.2, 0.25) is 0 Å². The molecule has 1 aromatic rings. The van der Waals surface area contributed by atoms with Crippen LogP contribution in [0.15, 0.2) is 12.3 Å². The Morgan fingerprint density at radius 1 is 1.58 bits per heavy atom. The van der Waals surface area contributed by atoms with Crippen molar-refractivity contribution in [2.75, 3.05) is 6.54 Å². The lowest BCUT2D eigenvalue weighted by Gasteiger charge is -2.33. The number of carbonyl (C=O) groups is 1. The third-order valence-electron chi connectivity index (χ3n) is 3.68. The largest absolute Gasteiger partial charge is 0.388 e. The van der Waals surface area contributed by atoms with Gasteiger partial charge in [-0.3, -0.25) is 4.79 Å². The summed E-state index contributed by atoms with van der Waals surface area (Å²) in [5.41, 5.74) is 0.0626. The van der Waals surface area contributed by atoms with Gasteiger partial charge in [0.25, 0.3) is 5.91 Å². The standard InChI is InChI=1S/C14H19N3O2/c1-14(2,19)12-5-4-6-17(12)13(18)11-7-10(8-15)9-16(11)3/h7,9,12,19H,4-6H2,1-3H3/t12-/m0/s1. The van der Waals surface area contributed by atoms with Gasteiger partial charge in [0.05, 0.1) is 17.2 Å². The van der Waals surface area contributed by atoms with E-state index in [9.17, 15) is 9.90 Å². The summed E-state index contributed by atoms with van der Waals surface area (Å²) in [5, 5.41) is 19.0. The molecule has 102 valence electrons. The fraction of sp³-hybridized carbons (Fsp3) is 0.571. The van der Waals surface area contributed by atoms with Crippen LogP contribution in [0.1, 0.15) is 42.7 Å². The van der Waals surface area contributed by atoms with Crippen LogP contribution in [0, 0.1) is 11.3 Å². The van der Waals surface area contributed by atoms with Crippen LogP contribution in [0.25, 0.3) is 0 Å². The zero-order chi connectivity index (χ0) is 14.2. The van der Waals surface area contributed by atoms with E-state index in [0.29, 0.717) is 17.8 Å². The van der Waals surface area contributed by atoms with Crippen molar-refractivity contribution in [2.24, 2.45) is 7.05 Å². The van der Waals surface area contributed by atoms with Crippen LogP contribution in [-0.2, 0) is 7.05 Å². The zero-order valence-electron chi connectivity index (χ0n) is 11.6. The van der Waals surface area contributed by atoms with Crippen molar-refractivity contribution in [1.82, 2.24) is 9.47 Å². The predicted molar refractivity (Wildman–Crippen MR) is 70.5 cm³/mol. The minimum atomic E-state index is -0.907. The van der Waals surface area contributed by atoms with Crippen LogP contribution < -0.4 is 0 Å². The minimum Gasteiger partial charge on any atom is -0.388 e. The second-order valence-electron chi connectivity index (χ2n) is 5.65. The van der Waals surface area contributed by atoms with Gasteiger partial charge in [-0.25, -0.2) is 0 Å². The molecule has 2 heterocycles. The van der Waals surface area contributed by atoms with Gasteiger partial charge in [0.1, 0.15) is 11.8 Å². The number of nitriles is 1. The Labute approximate surface area is 113 Å². The van der Waals surface area contributed by atoms with Gasteiger partial charge in [-0.15, -0.1) is 0 Å². The highest BCUT2D eigenvalue weighted by atomic mass is 16.3. The first-order valence-electron chi connectivity index (χ1n) is 6.44. The molecule has 0 unspecified atom stereocenters. The maximum atomic E-state index is 12.5. The number of hydrogen-bond donors (Lipinski definition) is 1. The lowest BCUT2D eigenvalue weighted by Crippen LogP contribution is -2.48. The van der Waals surface area contributed by atoms with E-state index in [-0.39, 0.29) is 11.9 Å². The smallest absolute Gasteiger partial charge is 0.270 e. The fourth-order valence-electron chi connectivity index (χ4n) is 2.73. The first kappa shape index (κ1) is 13.6. The average molecular weight is 261 g/mol. The highest BCUT2D eigenvalue weighted by Crippen LogP contribution is 2.28. The van der Waals surface area contributed by atoms with E-state index < -0.39 is 5.60 Å². The SMILES string of the molecule is Cn1cc(C#N)cc1C(=O)N1CCC[C@H]1C(C)(C)O. The second kappa shape index (κ2) is 4.71. The first-order valence-corrected chi connectivity index (χ1v) is 6.44. The average Bonchev–Trinajstić information content (AvgIpc) is 2.93. The number of nitrogens with zero attached hydrogens (tertiary/aromatic N) is 3. The summed E-state index contributed by atoms with van der Waals surface area (Å²) >= 11 is 0. The molecule has 0 bridgehead atoms. The molecule has 1 aliphatic rings. The number of aromatic nitrogens is 1. The van der Waals surface area contributed by atoms with Crippen molar-refractivity contribution < 1.29 is 9.90 Å². The highest BCUT2D eigenvalue weighted by molar-refractivity contribution is 5.93. The maximum absolute atomic E-state index is 12.5. The lowest BCUT2D eigenvalue weighted by molar-refractivity contribution is -0.0000174. The summed E-state index contributed by atoms with van der Waals surface area (Å²) in [5.74, 6) is -0.117. The van der Waals surface area contributed by atoms with Crippen LogP contribution in [0.5, 0.6) is 0 Å². The molecule has 5 heteroatoms. The van der Waals surface area contributed by atoms with Crippen LogP contribution >= 0.6 is 0 Å². The van der Waals surface area contributed by atoms with Crippen molar-refractivity contribution in [1.29, 1.82) is 5.26 Å². The quantitative estimate of drug-likeness (QED) is 0.871. The Balaban J connectivity index is 2.29. The van der Waals surface area contributed by atoms with Crippen LogP contribution in [0.4, 0.5) is 0 Å². The normalized spacial score (nSPS) is 19.5. The van der Waals surface area contributed by atoms with Crippen LogP contribution in [0.3, 0.4) is 0 Å². The minimum absolute atomic E-state index is 0.117. The van der Waals surface area contributed by atoms with Crippen molar-refractivity contribution in [2.45, 2.75) is 38.3 Å². The van der Waals surface area contributed by atoms with E-state index in [2.05, 4.69) is 0 Å². The Hall–Kier alpha value is -1.80. The molecule has 0 aromatic carbocycles. The molecule has 1 saturated heterocycles. The topological polar surface area (TPSA) is 69.3 Å².